The molecule has 0 atom stereocenters. The van der Waals surface area contributed by atoms with Crippen LogP contribution in [0.15, 0.2) is 24.5 Å². The van der Waals surface area contributed by atoms with Gasteiger partial charge in [-0.1, -0.05) is 0 Å². The minimum absolute atomic E-state index is 0.619. The van der Waals surface area contributed by atoms with Crippen molar-refractivity contribution in [2.45, 2.75) is 13.1 Å². The number of nitrogens with zero attached hydrogens (tertiary/aromatic N) is 4. The average Bonchev–Trinajstić information content (AvgIpc) is 2.79. The summed E-state index contributed by atoms with van der Waals surface area (Å²) in [6, 6.07) is 5.73. The standard InChI is InChI=1S/C11H14N6/c12-9-2-1-8(5-10(9)13)16-3-4-17-7-14-15-11(17)6-16/h1-2,5,7H,3-4,6,12-13H2. The van der Waals surface area contributed by atoms with E-state index in [2.05, 4.69) is 19.7 Å². The Balaban J connectivity index is 1.89. The molecule has 88 valence electrons. The molecule has 17 heavy (non-hydrogen) atoms. The molecule has 3 rings (SSSR count). The van der Waals surface area contributed by atoms with E-state index in [-0.39, 0.29) is 0 Å². The van der Waals surface area contributed by atoms with Crippen LogP contribution in [0.25, 0.3) is 0 Å². The number of hydrogen-bond acceptors (Lipinski definition) is 5. The van der Waals surface area contributed by atoms with E-state index in [1.54, 1.807) is 6.33 Å². The number of anilines is 3. The van der Waals surface area contributed by atoms with Gasteiger partial charge in [0, 0.05) is 18.8 Å². The Hall–Kier alpha value is -2.24. The Morgan fingerprint density at radius 1 is 1.12 bits per heavy atom. The van der Waals surface area contributed by atoms with E-state index in [0.29, 0.717) is 11.4 Å². The molecular formula is C11H14N6. The SMILES string of the molecule is Nc1ccc(N2CCn3cnnc3C2)cc1N. The first kappa shape index (κ1) is 9.95. The highest BCUT2D eigenvalue weighted by Crippen LogP contribution is 2.25. The van der Waals surface area contributed by atoms with Crippen molar-refractivity contribution in [2.24, 2.45) is 0 Å². The fourth-order valence-corrected chi connectivity index (χ4v) is 2.05. The smallest absolute Gasteiger partial charge is 0.152 e. The summed E-state index contributed by atoms with van der Waals surface area (Å²) in [5.41, 5.74) is 13.8. The first-order valence-electron chi connectivity index (χ1n) is 5.50. The first-order valence-corrected chi connectivity index (χ1v) is 5.50. The molecule has 0 fully saturated rings. The van der Waals surface area contributed by atoms with Gasteiger partial charge in [0.25, 0.3) is 0 Å². The van der Waals surface area contributed by atoms with E-state index in [1.807, 2.05) is 18.2 Å². The summed E-state index contributed by atoms with van der Waals surface area (Å²) < 4.78 is 2.07. The van der Waals surface area contributed by atoms with E-state index in [9.17, 15) is 0 Å². The Morgan fingerprint density at radius 3 is 2.82 bits per heavy atom. The van der Waals surface area contributed by atoms with E-state index >= 15 is 0 Å². The van der Waals surface area contributed by atoms with Gasteiger partial charge in [-0.25, -0.2) is 0 Å². The molecule has 2 heterocycles. The van der Waals surface area contributed by atoms with Crippen LogP contribution < -0.4 is 16.4 Å². The van der Waals surface area contributed by atoms with Crippen LogP contribution in [0.1, 0.15) is 5.82 Å². The van der Waals surface area contributed by atoms with Crippen LogP contribution in [-0.4, -0.2) is 21.3 Å². The fourth-order valence-electron chi connectivity index (χ4n) is 2.05. The monoisotopic (exact) mass is 230 g/mol. The van der Waals surface area contributed by atoms with Crippen molar-refractivity contribution in [1.29, 1.82) is 0 Å². The molecule has 1 aliphatic heterocycles. The maximum atomic E-state index is 5.82. The van der Waals surface area contributed by atoms with Gasteiger partial charge >= 0.3 is 0 Å². The second-order valence-electron chi connectivity index (χ2n) is 4.18. The molecule has 6 heteroatoms. The molecule has 6 nitrogen and oxygen atoms in total. The van der Waals surface area contributed by atoms with Crippen molar-refractivity contribution in [3.05, 3.63) is 30.4 Å². The lowest BCUT2D eigenvalue weighted by Crippen LogP contribution is -2.33. The summed E-state index contributed by atoms with van der Waals surface area (Å²) in [4.78, 5) is 2.22. The highest BCUT2D eigenvalue weighted by molar-refractivity contribution is 5.69. The minimum Gasteiger partial charge on any atom is -0.397 e. The summed E-state index contributed by atoms with van der Waals surface area (Å²) >= 11 is 0. The first-order chi connectivity index (χ1) is 8.24. The molecule has 0 radical (unpaired) electrons. The molecule has 0 bridgehead atoms. The maximum Gasteiger partial charge on any atom is 0.152 e. The van der Waals surface area contributed by atoms with Gasteiger partial charge in [-0.05, 0) is 18.2 Å². The molecule has 0 spiro atoms. The summed E-state index contributed by atoms with van der Waals surface area (Å²) in [5, 5.41) is 7.99. The number of hydrogen-bond donors (Lipinski definition) is 2. The average molecular weight is 230 g/mol. The summed E-state index contributed by atoms with van der Waals surface area (Å²) in [6.07, 6.45) is 1.77. The van der Waals surface area contributed by atoms with Crippen molar-refractivity contribution >= 4 is 17.1 Å². The molecule has 1 aliphatic rings. The Labute approximate surface area is 98.8 Å². The molecule has 1 aromatic heterocycles. The number of aromatic nitrogens is 3. The number of nitrogens with two attached hydrogens (primary N) is 2. The number of rotatable bonds is 1. The zero-order valence-corrected chi connectivity index (χ0v) is 9.37. The summed E-state index contributed by atoms with van der Waals surface area (Å²) in [5.74, 6) is 0.978. The molecule has 0 saturated carbocycles. The Bertz CT molecular complexity index is 547. The highest BCUT2D eigenvalue weighted by atomic mass is 15.3. The van der Waals surface area contributed by atoms with Crippen LogP contribution >= 0.6 is 0 Å². The second-order valence-corrected chi connectivity index (χ2v) is 4.18. The van der Waals surface area contributed by atoms with Gasteiger partial charge in [0.1, 0.15) is 6.33 Å². The molecule has 4 N–H and O–H groups in total. The third-order valence-electron chi connectivity index (χ3n) is 3.07. The van der Waals surface area contributed by atoms with E-state index in [4.69, 9.17) is 11.5 Å². The van der Waals surface area contributed by atoms with Gasteiger partial charge in [0.2, 0.25) is 0 Å². The van der Waals surface area contributed by atoms with Crippen LogP contribution in [0.2, 0.25) is 0 Å². The maximum absolute atomic E-state index is 5.82. The van der Waals surface area contributed by atoms with E-state index in [1.165, 1.54) is 0 Å². The zero-order chi connectivity index (χ0) is 11.8. The third-order valence-corrected chi connectivity index (χ3v) is 3.07. The van der Waals surface area contributed by atoms with Crippen LogP contribution in [-0.2, 0) is 13.1 Å². The predicted octanol–water partition coefficient (Wildman–Crippen LogP) is 0.463. The number of nitrogen functional groups attached to an aromatic ring is 2. The lowest BCUT2D eigenvalue weighted by molar-refractivity contribution is 0.560. The van der Waals surface area contributed by atoms with Crippen molar-refractivity contribution in [1.82, 2.24) is 14.8 Å². The molecule has 0 amide bonds. The summed E-state index contributed by atoms with van der Waals surface area (Å²) in [7, 11) is 0. The minimum atomic E-state index is 0.619. The molecule has 0 aliphatic carbocycles. The van der Waals surface area contributed by atoms with Gasteiger partial charge in [0.05, 0.1) is 17.9 Å². The number of fused-ring (bicyclic) bond motifs is 1. The Morgan fingerprint density at radius 2 is 2.00 bits per heavy atom. The van der Waals surface area contributed by atoms with Crippen molar-refractivity contribution in [3.63, 3.8) is 0 Å². The molecule has 1 aromatic carbocycles. The van der Waals surface area contributed by atoms with Crippen LogP contribution in [0.4, 0.5) is 17.1 Å². The molecule has 2 aromatic rings. The lowest BCUT2D eigenvalue weighted by atomic mass is 10.2. The molecule has 0 saturated heterocycles. The predicted molar refractivity (Wildman–Crippen MR) is 66.3 cm³/mol. The largest absolute Gasteiger partial charge is 0.397 e. The third kappa shape index (κ3) is 1.67. The quantitative estimate of drug-likeness (QED) is 0.695. The van der Waals surface area contributed by atoms with Crippen molar-refractivity contribution < 1.29 is 0 Å². The van der Waals surface area contributed by atoms with E-state index in [0.717, 1.165) is 31.1 Å². The molecular weight excluding hydrogens is 216 g/mol. The van der Waals surface area contributed by atoms with Gasteiger partial charge < -0.3 is 20.9 Å². The van der Waals surface area contributed by atoms with Crippen molar-refractivity contribution in [2.75, 3.05) is 22.9 Å². The Kier molecular flexibility index (Phi) is 2.14. The van der Waals surface area contributed by atoms with Crippen LogP contribution in [0, 0.1) is 0 Å². The van der Waals surface area contributed by atoms with Gasteiger partial charge in [-0.3, -0.25) is 0 Å². The second kappa shape index (κ2) is 3.65. The lowest BCUT2D eigenvalue weighted by Gasteiger charge is -2.29. The normalized spacial score (nSPS) is 14.7. The highest BCUT2D eigenvalue weighted by Gasteiger charge is 2.17. The summed E-state index contributed by atoms with van der Waals surface area (Å²) in [6.45, 7) is 2.57. The van der Waals surface area contributed by atoms with Gasteiger partial charge in [-0.2, -0.15) is 0 Å². The molecule has 0 unspecified atom stereocenters. The van der Waals surface area contributed by atoms with Crippen LogP contribution in [0.5, 0.6) is 0 Å². The fraction of sp³-hybridized carbons (Fsp3) is 0.273. The van der Waals surface area contributed by atoms with E-state index < -0.39 is 0 Å². The zero-order valence-electron chi connectivity index (χ0n) is 9.37. The van der Waals surface area contributed by atoms with Crippen molar-refractivity contribution in [3.8, 4) is 0 Å². The van der Waals surface area contributed by atoms with Crippen LogP contribution in [0.3, 0.4) is 0 Å². The number of benzene rings is 1. The topological polar surface area (TPSA) is 86.0 Å². The van der Waals surface area contributed by atoms with Gasteiger partial charge in [-0.15, -0.1) is 10.2 Å². The van der Waals surface area contributed by atoms with Gasteiger partial charge in [0.15, 0.2) is 5.82 Å².